The molecule has 2 N–H and O–H groups in total. The van der Waals surface area contributed by atoms with Gasteiger partial charge in [0.15, 0.2) is 0 Å². The maximum atomic E-state index is 5.83. The van der Waals surface area contributed by atoms with Gasteiger partial charge in [-0.25, -0.2) is 0 Å². The summed E-state index contributed by atoms with van der Waals surface area (Å²) in [6.45, 7) is 5.07. The lowest BCUT2D eigenvalue weighted by Crippen LogP contribution is -2.40. The van der Waals surface area contributed by atoms with Crippen LogP contribution in [0.15, 0.2) is 18.2 Å². The normalized spacial score (nSPS) is 20.1. The van der Waals surface area contributed by atoms with Crippen LogP contribution < -0.4 is 15.4 Å². The molecule has 2 aliphatic rings. The number of rotatable bonds is 3. The van der Waals surface area contributed by atoms with Crippen molar-refractivity contribution < 1.29 is 4.74 Å². The molecule has 0 amide bonds. The zero-order valence-corrected chi connectivity index (χ0v) is 11.1. The van der Waals surface area contributed by atoms with Gasteiger partial charge in [0.1, 0.15) is 11.4 Å². The standard InChI is InChI=1S/C15H22N2O/c1-2-9-18-13-6-3-5-12-14(13)17-11-15(10-16-12)7-4-8-15/h3,5-6,16-17H,2,4,7-11H2,1H3. The molecule has 0 unspecified atom stereocenters. The van der Waals surface area contributed by atoms with Crippen molar-refractivity contribution in [1.82, 2.24) is 0 Å². The molecule has 0 atom stereocenters. The van der Waals surface area contributed by atoms with Gasteiger partial charge >= 0.3 is 0 Å². The SMILES string of the molecule is CCCOc1cccc2c1NCC1(CCC1)CN2. The Labute approximate surface area is 109 Å². The van der Waals surface area contributed by atoms with Crippen molar-refractivity contribution in [3.63, 3.8) is 0 Å². The number of anilines is 2. The van der Waals surface area contributed by atoms with Gasteiger partial charge in [0.2, 0.25) is 0 Å². The van der Waals surface area contributed by atoms with Crippen LogP contribution in [0.3, 0.4) is 0 Å². The van der Waals surface area contributed by atoms with E-state index in [1.165, 1.54) is 24.9 Å². The predicted octanol–water partition coefficient (Wildman–Crippen LogP) is 3.48. The van der Waals surface area contributed by atoms with E-state index in [-0.39, 0.29) is 0 Å². The minimum Gasteiger partial charge on any atom is -0.491 e. The van der Waals surface area contributed by atoms with Crippen molar-refractivity contribution in [3.8, 4) is 5.75 Å². The summed E-state index contributed by atoms with van der Waals surface area (Å²) in [5.74, 6) is 0.984. The molecule has 1 fully saturated rings. The highest BCUT2D eigenvalue weighted by Crippen LogP contribution is 2.45. The van der Waals surface area contributed by atoms with Crippen molar-refractivity contribution in [1.29, 1.82) is 0 Å². The van der Waals surface area contributed by atoms with Gasteiger partial charge < -0.3 is 15.4 Å². The Kier molecular flexibility index (Phi) is 3.06. The molecule has 3 rings (SSSR count). The van der Waals surface area contributed by atoms with E-state index in [9.17, 15) is 0 Å². The van der Waals surface area contributed by atoms with Crippen LogP contribution in [0.4, 0.5) is 11.4 Å². The molecule has 0 radical (unpaired) electrons. The molecule has 0 aromatic heterocycles. The summed E-state index contributed by atoms with van der Waals surface area (Å²) in [7, 11) is 0. The molecular formula is C15H22N2O. The summed E-state index contributed by atoms with van der Waals surface area (Å²) >= 11 is 0. The number of benzene rings is 1. The molecule has 3 nitrogen and oxygen atoms in total. The van der Waals surface area contributed by atoms with Gasteiger partial charge in [0.05, 0.1) is 12.3 Å². The first-order valence-electron chi connectivity index (χ1n) is 7.07. The average molecular weight is 246 g/mol. The second kappa shape index (κ2) is 4.71. The highest BCUT2D eigenvalue weighted by molar-refractivity contribution is 5.76. The number of nitrogens with one attached hydrogen (secondary N) is 2. The van der Waals surface area contributed by atoms with E-state index in [1.807, 2.05) is 0 Å². The maximum absolute atomic E-state index is 5.83. The first kappa shape index (κ1) is 11.7. The van der Waals surface area contributed by atoms with Crippen molar-refractivity contribution in [2.45, 2.75) is 32.6 Å². The summed E-state index contributed by atoms with van der Waals surface area (Å²) in [5.41, 5.74) is 2.81. The van der Waals surface area contributed by atoms with Crippen LogP contribution in [0, 0.1) is 5.41 Å². The van der Waals surface area contributed by atoms with Crippen molar-refractivity contribution >= 4 is 11.4 Å². The fourth-order valence-electron chi connectivity index (χ4n) is 2.84. The van der Waals surface area contributed by atoms with Crippen LogP contribution >= 0.6 is 0 Å². The van der Waals surface area contributed by atoms with Crippen LogP contribution in [0.2, 0.25) is 0 Å². The summed E-state index contributed by atoms with van der Waals surface area (Å²) in [6.07, 6.45) is 5.10. The first-order chi connectivity index (χ1) is 8.83. The van der Waals surface area contributed by atoms with E-state index in [0.717, 1.165) is 37.6 Å². The molecule has 1 aliphatic heterocycles. The van der Waals surface area contributed by atoms with Gasteiger partial charge in [0, 0.05) is 18.5 Å². The summed E-state index contributed by atoms with van der Waals surface area (Å²) < 4.78 is 5.83. The number of para-hydroxylation sites is 1. The molecule has 18 heavy (non-hydrogen) atoms. The number of ether oxygens (including phenoxy) is 1. The predicted molar refractivity (Wildman–Crippen MR) is 75.5 cm³/mol. The Bertz CT molecular complexity index is 427. The number of hydrogen-bond donors (Lipinski definition) is 2. The fraction of sp³-hybridized carbons (Fsp3) is 0.600. The van der Waals surface area contributed by atoms with Gasteiger partial charge in [0.25, 0.3) is 0 Å². The zero-order valence-electron chi connectivity index (χ0n) is 11.1. The quantitative estimate of drug-likeness (QED) is 0.856. The summed E-state index contributed by atoms with van der Waals surface area (Å²) in [5, 5.41) is 7.20. The van der Waals surface area contributed by atoms with Gasteiger partial charge in [-0.05, 0) is 31.4 Å². The van der Waals surface area contributed by atoms with E-state index in [4.69, 9.17) is 4.74 Å². The molecule has 3 heteroatoms. The summed E-state index contributed by atoms with van der Waals surface area (Å²) in [4.78, 5) is 0. The van der Waals surface area contributed by atoms with Crippen LogP contribution in [0.1, 0.15) is 32.6 Å². The minimum atomic E-state index is 0.473. The third kappa shape index (κ3) is 2.02. The van der Waals surface area contributed by atoms with Gasteiger partial charge in [-0.2, -0.15) is 0 Å². The monoisotopic (exact) mass is 246 g/mol. The first-order valence-corrected chi connectivity index (χ1v) is 7.07. The Balaban J connectivity index is 1.81. The average Bonchev–Trinajstić information content (AvgIpc) is 2.55. The molecule has 1 saturated carbocycles. The van der Waals surface area contributed by atoms with Gasteiger partial charge in [-0.3, -0.25) is 0 Å². The Morgan fingerprint density at radius 1 is 1.22 bits per heavy atom. The Morgan fingerprint density at radius 2 is 2.06 bits per heavy atom. The fourth-order valence-corrected chi connectivity index (χ4v) is 2.84. The zero-order chi connectivity index (χ0) is 12.4. The van der Waals surface area contributed by atoms with Crippen LogP contribution in [0.25, 0.3) is 0 Å². The molecular weight excluding hydrogens is 224 g/mol. The molecule has 1 heterocycles. The number of hydrogen-bond acceptors (Lipinski definition) is 3. The smallest absolute Gasteiger partial charge is 0.144 e. The highest BCUT2D eigenvalue weighted by atomic mass is 16.5. The lowest BCUT2D eigenvalue weighted by atomic mass is 9.69. The summed E-state index contributed by atoms with van der Waals surface area (Å²) in [6, 6.07) is 6.26. The minimum absolute atomic E-state index is 0.473. The molecule has 0 bridgehead atoms. The number of fused-ring (bicyclic) bond motifs is 1. The third-order valence-corrected chi connectivity index (χ3v) is 4.20. The van der Waals surface area contributed by atoms with Gasteiger partial charge in [-0.1, -0.05) is 19.4 Å². The molecule has 98 valence electrons. The molecule has 1 aromatic rings. The highest BCUT2D eigenvalue weighted by Gasteiger charge is 2.38. The van der Waals surface area contributed by atoms with E-state index in [1.54, 1.807) is 0 Å². The van der Waals surface area contributed by atoms with E-state index in [0.29, 0.717) is 5.41 Å². The Hall–Kier alpha value is -1.38. The maximum Gasteiger partial charge on any atom is 0.144 e. The molecule has 1 aliphatic carbocycles. The molecule has 0 saturated heterocycles. The second-order valence-corrected chi connectivity index (χ2v) is 5.59. The second-order valence-electron chi connectivity index (χ2n) is 5.59. The van der Waals surface area contributed by atoms with E-state index < -0.39 is 0 Å². The van der Waals surface area contributed by atoms with Crippen LogP contribution in [-0.4, -0.2) is 19.7 Å². The van der Waals surface area contributed by atoms with Gasteiger partial charge in [-0.15, -0.1) is 0 Å². The largest absolute Gasteiger partial charge is 0.491 e. The lowest BCUT2D eigenvalue weighted by molar-refractivity contribution is 0.171. The van der Waals surface area contributed by atoms with E-state index >= 15 is 0 Å². The van der Waals surface area contributed by atoms with Crippen LogP contribution in [0.5, 0.6) is 5.75 Å². The van der Waals surface area contributed by atoms with Crippen molar-refractivity contribution in [3.05, 3.63) is 18.2 Å². The lowest BCUT2D eigenvalue weighted by Gasteiger charge is -2.41. The molecule has 1 aromatic carbocycles. The van der Waals surface area contributed by atoms with Crippen molar-refractivity contribution in [2.75, 3.05) is 30.3 Å². The van der Waals surface area contributed by atoms with Crippen molar-refractivity contribution in [2.24, 2.45) is 5.41 Å². The van der Waals surface area contributed by atoms with Crippen LogP contribution in [-0.2, 0) is 0 Å². The molecule has 1 spiro atoms. The third-order valence-electron chi connectivity index (χ3n) is 4.20. The van der Waals surface area contributed by atoms with E-state index in [2.05, 4.69) is 35.8 Å². The topological polar surface area (TPSA) is 33.3 Å². The Morgan fingerprint density at radius 3 is 2.78 bits per heavy atom.